The molecule has 3 nitrogen and oxygen atoms in total. The lowest BCUT2D eigenvalue weighted by Crippen LogP contribution is -2.37. The number of carbonyl (C=O) groups excluding carboxylic acids is 1. The maximum Gasteiger partial charge on any atom is 0.222 e. The highest BCUT2D eigenvalue weighted by molar-refractivity contribution is 7.80. The summed E-state index contributed by atoms with van der Waals surface area (Å²) in [5.74, 6) is -0.138. The molecule has 2 N–H and O–H groups in total. The Morgan fingerprint density at radius 2 is 2.22 bits per heavy atom. The van der Waals surface area contributed by atoms with Gasteiger partial charge in [-0.15, -0.1) is 0 Å². The van der Waals surface area contributed by atoms with Crippen molar-refractivity contribution in [2.75, 3.05) is 6.54 Å². The lowest BCUT2D eigenvalue weighted by Gasteiger charge is -2.02. The summed E-state index contributed by atoms with van der Waals surface area (Å²) in [7, 11) is 0. The highest BCUT2D eigenvalue weighted by atomic mass is 32.1. The molecule has 0 atom stereocenters. The highest BCUT2D eigenvalue weighted by Crippen LogP contribution is 1.65. The first-order valence-electron chi connectivity index (χ1n) is 2.72. The molecule has 0 aliphatic heterocycles. The Bertz CT molecular complexity index is 124. The van der Waals surface area contributed by atoms with Gasteiger partial charge in [0.05, 0.1) is 0 Å². The molecule has 52 valence electrons. The van der Waals surface area contributed by atoms with Crippen LogP contribution < -0.4 is 10.6 Å². The summed E-state index contributed by atoms with van der Waals surface area (Å²) in [5.41, 5.74) is 0. The predicted molar refractivity (Wildman–Crippen MR) is 40.1 cm³/mol. The van der Waals surface area contributed by atoms with E-state index in [2.05, 4.69) is 22.9 Å². The number of hydrogen-bond acceptors (Lipinski definition) is 2. The van der Waals surface area contributed by atoms with E-state index in [-0.39, 0.29) is 5.91 Å². The Kier molecular flexibility index (Phi) is 3.96. The van der Waals surface area contributed by atoms with E-state index in [1.807, 2.05) is 6.92 Å². The van der Waals surface area contributed by atoms with Crippen LogP contribution in [0.1, 0.15) is 13.8 Å². The summed E-state index contributed by atoms with van der Waals surface area (Å²) in [4.78, 5) is 10.3. The zero-order chi connectivity index (χ0) is 7.28. The summed E-state index contributed by atoms with van der Waals surface area (Å²) in [6.45, 7) is 4.07. The van der Waals surface area contributed by atoms with E-state index < -0.39 is 0 Å². The van der Waals surface area contributed by atoms with Gasteiger partial charge in [-0.25, -0.2) is 0 Å². The number of carbonyl (C=O) groups is 1. The van der Waals surface area contributed by atoms with Crippen LogP contribution in [-0.4, -0.2) is 17.6 Å². The van der Waals surface area contributed by atoms with Crippen molar-refractivity contribution in [3.63, 3.8) is 0 Å². The van der Waals surface area contributed by atoms with Crippen molar-refractivity contribution in [2.24, 2.45) is 0 Å². The fourth-order valence-corrected chi connectivity index (χ4v) is 0.653. The van der Waals surface area contributed by atoms with Gasteiger partial charge in [-0.05, 0) is 19.1 Å². The smallest absolute Gasteiger partial charge is 0.222 e. The van der Waals surface area contributed by atoms with E-state index in [0.29, 0.717) is 5.11 Å². The molecule has 0 bridgehead atoms. The normalized spacial score (nSPS) is 8.22. The highest BCUT2D eigenvalue weighted by Gasteiger charge is 1.93. The quantitative estimate of drug-likeness (QED) is 0.512. The fourth-order valence-electron chi connectivity index (χ4n) is 0.365. The Hall–Kier alpha value is -0.640. The molecule has 0 rings (SSSR count). The van der Waals surface area contributed by atoms with Crippen LogP contribution in [0, 0.1) is 0 Å². The molecule has 0 aliphatic carbocycles. The number of hydrogen-bond donors (Lipinski definition) is 2. The summed E-state index contributed by atoms with van der Waals surface area (Å²) in [5, 5.41) is 5.59. The molecule has 0 aliphatic rings. The van der Waals surface area contributed by atoms with Crippen molar-refractivity contribution in [3.05, 3.63) is 0 Å². The first-order chi connectivity index (χ1) is 4.16. The third-order valence-electron chi connectivity index (χ3n) is 0.627. The third-order valence-corrected chi connectivity index (χ3v) is 0.873. The van der Waals surface area contributed by atoms with E-state index >= 15 is 0 Å². The Labute approximate surface area is 59.8 Å². The number of rotatable bonds is 1. The van der Waals surface area contributed by atoms with Crippen molar-refractivity contribution in [3.8, 4) is 0 Å². The van der Waals surface area contributed by atoms with E-state index in [1.54, 1.807) is 0 Å². The van der Waals surface area contributed by atoms with E-state index in [1.165, 1.54) is 6.92 Å². The number of amides is 1. The first kappa shape index (κ1) is 8.36. The molecule has 4 heteroatoms. The molecule has 0 aromatic carbocycles. The molecule has 0 spiro atoms. The molecule has 1 amide bonds. The molecular formula is C5H10N2OS. The molecule has 0 radical (unpaired) electrons. The van der Waals surface area contributed by atoms with Crippen molar-refractivity contribution < 1.29 is 4.79 Å². The van der Waals surface area contributed by atoms with Gasteiger partial charge < -0.3 is 10.6 Å². The van der Waals surface area contributed by atoms with Crippen LogP contribution in [0.15, 0.2) is 0 Å². The van der Waals surface area contributed by atoms with Crippen molar-refractivity contribution in [1.82, 2.24) is 10.6 Å². The van der Waals surface area contributed by atoms with Crippen LogP contribution in [0.2, 0.25) is 0 Å². The minimum atomic E-state index is -0.138. The molecule has 0 unspecified atom stereocenters. The van der Waals surface area contributed by atoms with Gasteiger partial charge >= 0.3 is 0 Å². The average Bonchev–Trinajstić information content (AvgIpc) is 1.63. The van der Waals surface area contributed by atoms with Gasteiger partial charge in [-0.3, -0.25) is 4.79 Å². The van der Waals surface area contributed by atoms with Gasteiger partial charge in [0.15, 0.2) is 5.11 Å². The van der Waals surface area contributed by atoms with Crippen molar-refractivity contribution in [1.29, 1.82) is 0 Å². The minimum absolute atomic E-state index is 0.138. The van der Waals surface area contributed by atoms with Gasteiger partial charge in [0.25, 0.3) is 0 Å². The largest absolute Gasteiger partial charge is 0.363 e. The van der Waals surface area contributed by atoms with Crippen LogP contribution >= 0.6 is 12.2 Å². The Morgan fingerprint density at radius 1 is 1.67 bits per heavy atom. The molecule has 0 saturated heterocycles. The van der Waals surface area contributed by atoms with Crippen LogP contribution in [0.5, 0.6) is 0 Å². The van der Waals surface area contributed by atoms with E-state index in [0.717, 1.165) is 6.54 Å². The molecule has 0 aromatic heterocycles. The molecular weight excluding hydrogens is 136 g/mol. The summed E-state index contributed by atoms with van der Waals surface area (Å²) < 4.78 is 0. The average molecular weight is 146 g/mol. The fraction of sp³-hybridized carbons (Fsp3) is 0.600. The second-order valence-corrected chi connectivity index (χ2v) is 1.95. The minimum Gasteiger partial charge on any atom is -0.363 e. The summed E-state index contributed by atoms with van der Waals surface area (Å²) >= 11 is 4.69. The lowest BCUT2D eigenvalue weighted by atomic mass is 10.7. The van der Waals surface area contributed by atoms with Crippen LogP contribution in [-0.2, 0) is 4.79 Å². The topological polar surface area (TPSA) is 41.1 Å². The summed E-state index contributed by atoms with van der Waals surface area (Å²) in [6, 6.07) is 0. The maximum atomic E-state index is 10.3. The Morgan fingerprint density at radius 3 is 2.56 bits per heavy atom. The second-order valence-electron chi connectivity index (χ2n) is 1.54. The predicted octanol–water partition coefficient (Wildman–Crippen LogP) is 0.0169. The maximum absolute atomic E-state index is 10.3. The zero-order valence-corrected chi connectivity index (χ0v) is 6.34. The van der Waals surface area contributed by atoms with Crippen LogP contribution in [0.3, 0.4) is 0 Å². The molecule has 0 aromatic rings. The van der Waals surface area contributed by atoms with Gasteiger partial charge in [0.1, 0.15) is 0 Å². The number of nitrogens with one attached hydrogen (secondary N) is 2. The van der Waals surface area contributed by atoms with Gasteiger partial charge in [0.2, 0.25) is 5.91 Å². The van der Waals surface area contributed by atoms with E-state index in [9.17, 15) is 4.79 Å². The van der Waals surface area contributed by atoms with Crippen LogP contribution in [0.4, 0.5) is 0 Å². The molecule has 0 heterocycles. The van der Waals surface area contributed by atoms with Gasteiger partial charge in [-0.2, -0.15) is 0 Å². The Balaban J connectivity index is 3.39. The SMILES string of the molecule is CCNC(=S)NC(C)=O. The van der Waals surface area contributed by atoms with Crippen molar-refractivity contribution >= 4 is 23.2 Å². The first-order valence-corrected chi connectivity index (χ1v) is 3.13. The molecule has 0 fully saturated rings. The van der Waals surface area contributed by atoms with E-state index in [4.69, 9.17) is 0 Å². The third kappa shape index (κ3) is 5.23. The summed E-state index contributed by atoms with van der Waals surface area (Å²) in [6.07, 6.45) is 0. The van der Waals surface area contributed by atoms with Crippen LogP contribution in [0.25, 0.3) is 0 Å². The second kappa shape index (κ2) is 4.26. The van der Waals surface area contributed by atoms with Gasteiger partial charge in [0, 0.05) is 13.5 Å². The number of thiocarbonyl (C=S) groups is 1. The zero-order valence-electron chi connectivity index (χ0n) is 5.52. The van der Waals surface area contributed by atoms with Crippen molar-refractivity contribution in [2.45, 2.75) is 13.8 Å². The molecule has 0 saturated carbocycles. The standard InChI is InChI=1S/C5H10N2OS/c1-3-6-5(9)7-4(2)8/h3H2,1-2H3,(H2,6,7,8,9). The molecule has 9 heavy (non-hydrogen) atoms. The monoisotopic (exact) mass is 146 g/mol. The van der Waals surface area contributed by atoms with Gasteiger partial charge in [-0.1, -0.05) is 0 Å². The lowest BCUT2D eigenvalue weighted by molar-refractivity contribution is -0.117.